The van der Waals surface area contributed by atoms with Gasteiger partial charge in [0, 0.05) is 12.1 Å². The predicted octanol–water partition coefficient (Wildman–Crippen LogP) is 1.65. The molecule has 2 bridgehead atoms. The predicted molar refractivity (Wildman–Crippen MR) is 76.1 cm³/mol. The number of hydrogen-bond acceptors (Lipinski definition) is 5. The van der Waals surface area contributed by atoms with E-state index < -0.39 is 41.5 Å². The van der Waals surface area contributed by atoms with Gasteiger partial charge in [-0.25, -0.2) is 4.79 Å². The summed E-state index contributed by atoms with van der Waals surface area (Å²) in [5, 5.41) is 9.43. The summed E-state index contributed by atoms with van der Waals surface area (Å²) >= 11 is 0. The molecule has 4 atom stereocenters. The van der Waals surface area contributed by atoms with Crippen molar-refractivity contribution >= 4 is 18.0 Å². The minimum Gasteiger partial charge on any atom is -0.481 e. The number of carboxylic acids is 1. The van der Waals surface area contributed by atoms with Crippen molar-refractivity contribution in [1.29, 1.82) is 0 Å². The number of methoxy groups -OCH3 is 1. The van der Waals surface area contributed by atoms with Crippen LogP contribution in [0.25, 0.3) is 0 Å². The van der Waals surface area contributed by atoms with Crippen molar-refractivity contribution < 1.29 is 29.0 Å². The molecular weight excluding hydrogens is 290 g/mol. The summed E-state index contributed by atoms with van der Waals surface area (Å²) in [5.74, 6) is -2.84. The zero-order valence-corrected chi connectivity index (χ0v) is 13.4. The van der Waals surface area contributed by atoms with Crippen LogP contribution in [0.3, 0.4) is 0 Å². The molecule has 0 aromatic carbocycles. The Morgan fingerprint density at radius 2 is 1.64 bits per heavy atom. The van der Waals surface area contributed by atoms with Gasteiger partial charge in [-0.3, -0.25) is 9.59 Å². The van der Waals surface area contributed by atoms with Crippen LogP contribution in [0.4, 0.5) is 4.79 Å². The quantitative estimate of drug-likeness (QED) is 0.779. The fourth-order valence-corrected chi connectivity index (χ4v) is 3.50. The Balaban J connectivity index is 2.30. The molecule has 2 aliphatic heterocycles. The van der Waals surface area contributed by atoms with Crippen molar-refractivity contribution in [3.8, 4) is 0 Å². The average Bonchev–Trinajstić information content (AvgIpc) is 2.72. The number of hydrogen-bond donors (Lipinski definition) is 1. The number of amides is 1. The highest BCUT2D eigenvalue weighted by atomic mass is 16.6. The minimum absolute atomic E-state index is 0.205. The van der Waals surface area contributed by atoms with Crippen LogP contribution in [0.1, 0.15) is 40.0 Å². The topological polar surface area (TPSA) is 93.1 Å². The van der Waals surface area contributed by atoms with Crippen molar-refractivity contribution in [3.05, 3.63) is 0 Å². The first kappa shape index (κ1) is 16.6. The van der Waals surface area contributed by atoms with E-state index in [-0.39, 0.29) is 12.5 Å². The third-order valence-corrected chi connectivity index (χ3v) is 4.34. The molecular formula is C15H23NO6. The Morgan fingerprint density at radius 3 is 2.09 bits per heavy atom. The summed E-state index contributed by atoms with van der Waals surface area (Å²) in [5.41, 5.74) is -0.673. The largest absolute Gasteiger partial charge is 0.481 e. The molecule has 2 aliphatic rings. The Kier molecular flexibility index (Phi) is 4.35. The second-order valence-corrected chi connectivity index (χ2v) is 6.91. The van der Waals surface area contributed by atoms with Crippen LogP contribution in [0.5, 0.6) is 0 Å². The minimum atomic E-state index is -0.993. The first-order chi connectivity index (χ1) is 10.2. The van der Waals surface area contributed by atoms with Gasteiger partial charge in [0.25, 0.3) is 0 Å². The molecule has 124 valence electrons. The standard InChI is InChI=1S/C15H23NO6/c1-15(2,3)22-14(20)16-10-5-6-11(16)9(13(19)21-4)7-8(10)12(17)18/h8-11H,5-7H2,1-4H3,(H,17,18)/t8-,9+,10-,11+/m0/s1. The van der Waals surface area contributed by atoms with Crippen molar-refractivity contribution in [1.82, 2.24) is 4.90 Å². The second kappa shape index (κ2) is 5.78. The molecule has 1 N–H and O–H groups in total. The summed E-state index contributed by atoms with van der Waals surface area (Å²) in [6.45, 7) is 5.26. The highest BCUT2D eigenvalue weighted by Crippen LogP contribution is 2.43. The summed E-state index contributed by atoms with van der Waals surface area (Å²) in [6, 6.07) is -0.763. The first-order valence-electron chi connectivity index (χ1n) is 7.47. The Morgan fingerprint density at radius 1 is 1.09 bits per heavy atom. The third kappa shape index (κ3) is 3.03. The number of carbonyl (C=O) groups is 3. The molecule has 0 aromatic heterocycles. The number of nitrogens with zero attached hydrogens (tertiary/aromatic N) is 1. The van der Waals surface area contributed by atoms with Gasteiger partial charge >= 0.3 is 18.0 Å². The lowest BCUT2D eigenvalue weighted by Crippen LogP contribution is -2.56. The Labute approximate surface area is 129 Å². The summed E-state index contributed by atoms with van der Waals surface area (Å²) in [4.78, 5) is 37.4. The number of ether oxygens (including phenoxy) is 2. The SMILES string of the molecule is COC(=O)[C@@H]1C[C@H](C(=O)O)[C@@H]2CC[C@H]1N2C(=O)OC(C)(C)C. The van der Waals surface area contributed by atoms with E-state index >= 15 is 0 Å². The van der Waals surface area contributed by atoms with E-state index in [0.29, 0.717) is 12.8 Å². The molecule has 0 aliphatic carbocycles. The van der Waals surface area contributed by atoms with Crippen LogP contribution < -0.4 is 0 Å². The molecule has 2 fully saturated rings. The number of rotatable bonds is 2. The number of carbonyl (C=O) groups excluding carboxylic acids is 2. The van der Waals surface area contributed by atoms with Crippen molar-refractivity contribution in [2.45, 2.75) is 57.7 Å². The van der Waals surface area contributed by atoms with Crippen LogP contribution >= 0.6 is 0 Å². The van der Waals surface area contributed by atoms with Crippen molar-refractivity contribution in [3.63, 3.8) is 0 Å². The summed E-state index contributed by atoms with van der Waals surface area (Å²) in [7, 11) is 1.27. The van der Waals surface area contributed by atoms with Gasteiger partial charge in [-0.05, 0) is 40.0 Å². The number of aliphatic carboxylic acids is 1. The highest BCUT2D eigenvalue weighted by molar-refractivity contribution is 5.80. The van der Waals surface area contributed by atoms with E-state index in [1.54, 1.807) is 20.8 Å². The second-order valence-electron chi connectivity index (χ2n) is 6.91. The molecule has 0 unspecified atom stereocenters. The van der Waals surface area contributed by atoms with E-state index in [4.69, 9.17) is 9.47 Å². The van der Waals surface area contributed by atoms with Crippen molar-refractivity contribution in [2.24, 2.45) is 11.8 Å². The molecule has 1 amide bonds. The van der Waals surface area contributed by atoms with Crippen LogP contribution in [-0.4, -0.2) is 52.8 Å². The van der Waals surface area contributed by atoms with E-state index in [9.17, 15) is 19.5 Å². The van der Waals surface area contributed by atoms with Crippen LogP contribution in [0, 0.1) is 11.8 Å². The van der Waals surface area contributed by atoms with E-state index in [1.165, 1.54) is 12.0 Å². The number of esters is 1. The zero-order valence-electron chi connectivity index (χ0n) is 13.4. The van der Waals surface area contributed by atoms with Crippen LogP contribution in [0.2, 0.25) is 0 Å². The van der Waals surface area contributed by atoms with Gasteiger partial charge in [0.05, 0.1) is 18.9 Å². The van der Waals surface area contributed by atoms with Gasteiger partial charge in [0.2, 0.25) is 0 Å². The maximum atomic E-state index is 12.5. The average molecular weight is 313 g/mol. The van der Waals surface area contributed by atoms with Crippen LogP contribution in [-0.2, 0) is 19.1 Å². The number of piperidine rings is 1. The molecule has 0 spiro atoms. The maximum Gasteiger partial charge on any atom is 0.410 e. The lowest BCUT2D eigenvalue weighted by Gasteiger charge is -2.42. The van der Waals surface area contributed by atoms with E-state index in [1.807, 2.05) is 0 Å². The molecule has 2 saturated heterocycles. The van der Waals surface area contributed by atoms with Gasteiger partial charge in [-0.2, -0.15) is 0 Å². The van der Waals surface area contributed by atoms with Gasteiger partial charge in [0.1, 0.15) is 5.60 Å². The van der Waals surface area contributed by atoms with Crippen molar-refractivity contribution in [2.75, 3.05) is 7.11 Å². The normalized spacial score (nSPS) is 30.8. The lowest BCUT2D eigenvalue weighted by atomic mass is 9.83. The first-order valence-corrected chi connectivity index (χ1v) is 7.47. The van der Waals surface area contributed by atoms with Gasteiger partial charge in [-0.1, -0.05) is 0 Å². The Bertz CT molecular complexity index is 483. The molecule has 7 heteroatoms. The number of fused-ring (bicyclic) bond motifs is 2. The fourth-order valence-electron chi connectivity index (χ4n) is 3.50. The van der Waals surface area contributed by atoms with Gasteiger partial charge < -0.3 is 19.5 Å². The van der Waals surface area contributed by atoms with Gasteiger partial charge in [0.15, 0.2) is 0 Å². The monoisotopic (exact) mass is 313 g/mol. The van der Waals surface area contributed by atoms with E-state index in [0.717, 1.165) is 0 Å². The van der Waals surface area contributed by atoms with E-state index in [2.05, 4.69) is 0 Å². The molecule has 0 saturated carbocycles. The maximum absolute atomic E-state index is 12.5. The molecule has 7 nitrogen and oxygen atoms in total. The number of carboxylic acid groups (broad SMARTS) is 1. The lowest BCUT2D eigenvalue weighted by molar-refractivity contribution is -0.155. The summed E-state index contributed by atoms with van der Waals surface area (Å²) < 4.78 is 10.2. The smallest absolute Gasteiger partial charge is 0.410 e. The summed E-state index contributed by atoms with van der Waals surface area (Å²) in [6.07, 6.45) is 0.804. The third-order valence-electron chi connectivity index (χ3n) is 4.34. The molecule has 0 radical (unpaired) electrons. The highest BCUT2D eigenvalue weighted by Gasteiger charge is 2.55. The van der Waals surface area contributed by atoms with Crippen LogP contribution in [0.15, 0.2) is 0 Å². The molecule has 22 heavy (non-hydrogen) atoms. The fraction of sp³-hybridized carbons (Fsp3) is 0.800. The molecule has 2 heterocycles. The van der Waals surface area contributed by atoms with Gasteiger partial charge in [-0.15, -0.1) is 0 Å². The molecule has 2 rings (SSSR count). The molecule has 0 aromatic rings. The Hall–Kier alpha value is -1.79. The zero-order chi connectivity index (χ0) is 16.7.